The molecule has 0 radical (unpaired) electrons. The second-order valence-electron chi connectivity index (χ2n) is 4.39. The van der Waals surface area contributed by atoms with Gasteiger partial charge in [-0.05, 0) is 18.9 Å². The fourth-order valence-corrected chi connectivity index (χ4v) is 1.87. The van der Waals surface area contributed by atoms with E-state index in [0.717, 1.165) is 19.4 Å². The predicted molar refractivity (Wildman–Crippen MR) is 65.6 cm³/mol. The lowest BCUT2D eigenvalue weighted by molar-refractivity contribution is -0.154. The highest BCUT2D eigenvalue weighted by Crippen LogP contribution is 2.15. The molecule has 0 bridgehead atoms. The molecule has 0 saturated carbocycles. The van der Waals surface area contributed by atoms with Crippen LogP contribution < -0.4 is 0 Å². The predicted octanol–water partition coefficient (Wildman–Crippen LogP) is 2.74. The van der Waals surface area contributed by atoms with Crippen molar-refractivity contribution in [1.29, 1.82) is 0 Å². The van der Waals surface area contributed by atoms with Gasteiger partial charge in [0.2, 0.25) is 0 Å². The molecule has 3 nitrogen and oxygen atoms in total. The summed E-state index contributed by atoms with van der Waals surface area (Å²) in [7, 11) is 0. The fraction of sp³-hybridized carbons (Fsp3) is 0.571. The van der Waals surface area contributed by atoms with Crippen molar-refractivity contribution in [2.75, 3.05) is 13.2 Å². The highest BCUT2D eigenvalue weighted by molar-refractivity contribution is 5.13. The van der Waals surface area contributed by atoms with Gasteiger partial charge in [-0.3, -0.25) is 0 Å². The second-order valence-corrected chi connectivity index (χ2v) is 4.39. The summed E-state index contributed by atoms with van der Waals surface area (Å²) in [6, 6.07) is 10.2. The normalized spacial score (nSPS) is 21.6. The van der Waals surface area contributed by atoms with Crippen LogP contribution in [0, 0.1) is 0 Å². The third kappa shape index (κ3) is 4.46. The van der Waals surface area contributed by atoms with Crippen LogP contribution in [0.5, 0.6) is 0 Å². The van der Waals surface area contributed by atoms with Crippen LogP contribution in [0.1, 0.15) is 25.3 Å². The van der Waals surface area contributed by atoms with E-state index in [2.05, 4.69) is 12.1 Å². The minimum absolute atomic E-state index is 0.0228. The van der Waals surface area contributed by atoms with Crippen LogP contribution in [-0.4, -0.2) is 25.6 Å². The summed E-state index contributed by atoms with van der Waals surface area (Å²) >= 11 is 0. The van der Waals surface area contributed by atoms with Gasteiger partial charge in [-0.15, -0.1) is 0 Å². The summed E-state index contributed by atoms with van der Waals surface area (Å²) in [4.78, 5) is 0. The molecule has 1 heterocycles. The van der Waals surface area contributed by atoms with Crippen molar-refractivity contribution in [3.8, 4) is 0 Å². The summed E-state index contributed by atoms with van der Waals surface area (Å²) in [5, 5.41) is 0. The van der Waals surface area contributed by atoms with E-state index in [1.807, 2.05) is 25.1 Å². The quantitative estimate of drug-likeness (QED) is 0.760. The molecule has 0 aliphatic carbocycles. The number of rotatable bonds is 6. The van der Waals surface area contributed by atoms with Crippen molar-refractivity contribution < 1.29 is 14.2 Å². The van der Waals surface area contributed by atoms with Gasteiger partial charge in [0.05, 0.1) is 19.3 Å². The zero-order valence-corrected chi connectivity index (χ0v) is 10.3. The third-order valence-corrected chi connectivity index (χ3v) is 2.74. The zero-order chi connectivity index (χ0) is 11.9. The molecule has 2 rings (SSSR count). The van der Waals surface area contributed by atoms with E-state index < -0.39 is 0 Å². The number of ether oxygens (including phenoxy) is 3. The van der Waals surface area contributed by atoms with Crippen molar-refractivity contribution in [2.24, 2.45) is 0 Å². The van der Waals surface area contributed by atoms with Gasteiger partial charge < -0.3 is 14.2 Å². The van der Waals surface area contributed by atoms with Gasteiger partial charge in [0.15, 0.2) is 6.29 Å². The number of hydrogen-bond donors (Lipinski definition) is 0. The molecular weight excluding hydrogens is 216 g/mol. The molecule has 1 aliphatic heterocycles. The molecule has 1 fully saturated rings. The van der Waals surface area contributed by atoms with E-state index in [0.29, 0.717) is 13.2 Å². The summed E-state index contributed by atoms with van der Waals surface area (Å²) in [5.74, 6) is 0. The standard InChI is InChI=1S/C14H20O3/c1-12(17-14-8-5-9-16-14)10-15-11-13-6-3-2-4-7-13/h2-4,6-7,12,14H,5,8-11H2,1H3/t12-,14?/m0/s1. The Morgan fingerprint density at radius 2 is 2.18 bits per heavy atom. The van der Waals surface area contributed by atoms with Crippen LogP contribution in [0.15, 0.2) is 30.3 Å². The Labute approximate surface area is 103 Å². The van der Waals surface area contributed by atoms with Crippen molar-refractivity contribution in [3.63, 3.8) is 0 Å². The van der Waals surface area contributed by atoms with E-state index in [1.165, 1.54) is 5.56 Å². The van der Waals surface area contributed by atoms with Gasteiger partial charge in [-0.1, -0.05) is 30.3 Å². The molecule has 0 amide bonds. The first kappa shape index (κ1) is 12.6. The maximum Gasteiger partial charge on any atom is 0.158 e. The Hall–Kier alpha value is -0.900. The van der Waals surface area contributed by atoms with E-state index in [1.54, 1.807) is 0 Å². The third-order valence-electron chi connectivity index (χ3n) is 2.74. The maximum atomic E-state index is 5.70. The van der Waals surface area contributed by atoms with E-state index in [4.69, 9.17) is 14.2 Å². The summed E-state index contributed by atoms with van der Waals surface area (Å²) in [6.45, 7) is 4.09. The maximum absolute atomic E-state index is 5.70. The Bertz CT molecular complexity index is 307. The van der Waals surface area contributed by atoms with Crippen LogP contribution in [0.4, 0.5) is 0 Å². The van der Waals surface area contributed by atoms with Gasteiger partial charge in [-0.25, -0.2) is 0 Å². The van der Waals surface area contributed by atoms with E-state index in [-0.39, 0.29) is 12.4 Å². The Balaban J connectivity index is 1.61. The van der Waals surface area contributed by atoms with Crippen molar-refractivity contribution in [3.05, 3.63) is 35.9 Å². The van der Waals surface area contributed by atoms with Gasteiger partial charge >= 0.3 is 0 Å². The summed E-state index contributed by atoms with van der Waals surface area (Å²) < 4.78 is 16.7. The lowest BCUT2D eigenvalue weighted by Crippen LogP contribution is -2.23. The summed E-state index contributed by atoms with van der Waals surface area (Å²) in [6.07, 6.45) is 2.16. The molecule has 17 heavy (non-hydrogen) atoms. The smallest absolute Gasteiger partial charge is 0.158 e. The first-order valence-corrected chi connectivity index (χ1v) is 6.23. The molecule has 1 aliphatic rings. The van der Waals surface area contributed by atoms with Crippen LogP contribution in [-0.2, 0) is 20.8 Å². The van der Waals surface area contributed by atoms with Gasteiger partial charge in [0, 0.05) is 13.0 Å². The highest BCUT2D eigenvalue weighted by atomic mass is 16.7. The molecular formula is C14H20O3. The van der Waals surface area contributed by atoms with Crippen molar-refractivity contribution in [2.45, 2.75) is 38.8 Å². The SMILES string of the molecule is C[C@@H](COCc1ccccc1)OC1CCCO1. The monoisotopic (exact) mass is 236 g/mol. The molecule has 1 unspecified atom stereocenters. The molecule has 1 aromatic rings. The lowest BCUT2D eigenvalue weighted by atomic mass is 10.2. The first-order chi connectivity index (χ1) is 8.34. The summed E-state index contributed by atoms with van der Waals surface area (Å²) in [5.41, 5.74) is 1.19. The van der Waals surface area contributed by atoms with E-state index in [9.17, 15) is 0 Å². The average Bonchev–Trinajstić information content (AvgIpc) is 2.83. The topological polar surface area (TPSA) is 27.7 Å². The van der Waals surface area contributed by atoms with Gasteiger partial charge in [0.25, 0.3) is 0 Å². The number of hydrogen-bond acceptors (Lipinski definition) is 3. The molecule has 3 heteroatoms. The zero-order valence-electron chi connectivity index (χ0n) is 10.3. The van der Waals surface area contributed by atoms with E-state index >= 15 is 0 Å². The van der Waals surface area contributed by atoms with Crippen molar-refractivity contribution in [1.82, 2.24) is 0 Å². The average molecular weight is 236 g/mol. The van der Waals surface area contributed by atoms with Crippen LogP contribution >= 0.6 is 0 Å². The molecule has 94 valence electrons. The molecule has 0 aromatic heterocycles. The minimum Gasteiger partial charge on any atom is -0.374 e. The Kier molecular flexibility index (Phi) is 4.98. The molecule has 0 N–H and O–H groups in total. The van der Waals surface area contributed by atoms with Crippen molar-refractivity contribution >= 4 is 0 Å². The largest absolute Gasteiger partial charge is 0.374 e. The molecule has 2 atom stereocenters. The first-order valence-electron chi connectivity index (χ1n) is 6.23. The lowest BCUT2D eigenvalue weighted by Gasteiger charge is -2.17. The molecule has 1 saturated heterocycles. The Morgan fingerprint density at radius 3 is 2.88 bits per heavy atom. The van der Waals surface area contributed by atoms with Crippen LogP contribution in [0.3, 0.4) is 0 Å². The van der Waals surface area contributed by atoms with Gasteiger partial charge in [-0.2, -0.15) is 0 Å². The number of benzene rings is 1. The molecule has 0 spiro atoms. The Morgan fingerprint density at radius 1 is 1.35 bits per heavy atom. The second kappa shape index (κ2) is 6.74. The fourth-order valence-electron chi connectivity index (χ4n) is 1.87. The minimum atomic E-state index is -0.0228. The molecule has 1 aromatic carbocycles. The van der Waals surface area contributed by atoms with Crippen LogP contribution in [0.2, 0.25) is 0 Å². The van der Waals surface area contributed by atoms with Crippen LogP contribution in [0.25, 0.3) is 0 Å². The highest BCUT2D eigenvalue weighted by Gasteiger charge is 2.18. The van der Waals surface area contributed by atoms with Gasteiger partial charge in [0.1, 0.15) is 0 Å².